The third kappa shape index (κ3) is 7.52. The van der Waals surface area contributed by atoms with Gasteiger partial charge in [0, 0.05) is 20.3 Å². The van der Waals surface area contributed by atoms with E-state index < -0.39 is 5.91 Å². The number of carbonyl (C=O) groups excluding carboxylic acids is 2. The largest absolute Gasteiger partial charge is 0.483 e. The Morgan fingerprint density at radius 3 is 2.52 bits per heavy atom. The van der Waals surface area contributed by atoms with E-state index in [1.165, 1.54) is 0 Å². The van der Waals surface area contributed by atoms with Gasteiger partial charge in [0.05, 0.1) is 6.42 Å². The molecule has 142 valence electrons. The first-order valence-electron chi connectivity index (χ1n) is 8.10. The Kier molecular flexibility index (Phi) is 7.99. The zero-order chi connectivity index (χ0) is 19.8. The van der Waals surface area contributed by atoms with Crippen molar-refractivity contribution in [3.8, 4) is 5.75 Å². The van der Waals surface area contributed by atoms with Crippen molar-refractivity contribution >= 4 is 55.1 Å². The molecule has 0 saturated carbocycles. The van der Waals surface area contributed by atoms with Crippen LogP contribution in [-0.2, 0) is 9.59 Å². The number of nitrogens with one attached hydrogen (secondary N) is 2. The van der Waals surface area contributed by atoms with E-state index in [9.17, 15) is 9.59 Å². The van der Waals surface area contributed by atoms with Crippen LogP contribution in [0.25, 0.3) is 0 Å². The monoisotopic (exact) mass is 495 g/mol. The summed E-state index contributed by atoms with van der Waals surface area (Å²) in [7, 11) is 0. The van der Waals surface area contributed by atoms with Gasteiger partial charge in [-0.25, -0.2) is 5.43 Å². The van der Waals surface area contributed by atoms with Crippen LogP contribution in [0.5, 0.6) is 5.75 Å². The van der Waals surface area contributed by atoms with E-state index in [4.69, 9.17) is 4.74 Å². The minimum atomic E-state index is -0.399. The number of halogens is 2. The zero-order valence-corrected chi connectivity index (χ0v) is 18.1. The lowest BCUT2D eigenvalue weighted by Crippen LogP contribution is -2.26. The third-order valence-corrected chi connectivity index (χ3v) is 4.38. The molecule has 2 N–H and O–H groups in total. The molecule has 0 aliphatic carbocycles. The predicted octanol–water partition coefficient (Wildman–Crippen LogP) is 4.42. The molecule has 0 radical (unpaired) electrons. The quantitative estimate of drug-likeness (QED) is 0.439. The van der Waals surface area contributed by atoms with Crippen molar-refractivity contribution in [3.05, 3.63) is 57.0 Å². The molecule has 2 aromatic carbocycles. The number of benzene rings is 2. The summed E-state index contributed by atoms with van der Waals surface area (Å²) >= 11 is 6.72. The summed E-state index contributed by atoms with van der Waals surface area (Å²) in [6, 6.07) is 12.8. The summed E-state index contributed by atoms with van der Waals surface area (Å²) in [6.45, 7) is 3.40. The molecule has 0 saturated heterocycles. The van der Waals surface area contributed by atoms with Crippen molar-refractivity contribution in [1.82, 2.24) is 5.43 Å². The summed E-state index contributed by atoms with van der Waals surface area (Å²) in [6.07, 6.45) is 0.0689. The minimum Gasteiger partial charge on any atom is -0.483 e. The first-order chi connectivity index (χ1) is 12.8. The average Bonchev–Trinajstić information content (AvgIpc) is 2.59. The molecule has 0 unspecified atom stereocenters. The van der Waals surface area contributed by atoms with Gasteiger partial charge in [-0.2, -0.15) is 5.10 Å². The van der Waals surface area contributed by atoms with Crippen LogP contribution in [0.2, 0.25) is 0 Å². The van der Waals surface area contributed by atoms with Crippen LogP contribution in [-0.4, -0.2) is 24.1 Å². The SMILES string of the molecule is C/C(CC(=O)Nc1cccc(Br)c1)=N/NC(=O)COc1ccc(Br)cc1C. The highest BCUT2D eigenvalue weighted by Crippen LogP contribution is 2.22. The normalized spacial score (nSPS) is 11.0. The number of anilines is 1. The van der Waals surface area contributed by atoms with Crippen molar-refractivity contribution in [3.63, 3.8) is 0 Å². The molecule has 0 bridgehead atoms. The lowest BCUT2D eigenvalue weighted by molar-refractivity contribution is -0.123. The number of hydrogen-bond donors (Lipinski definition) is 2. The number of hydrogen-bond acceptors (Lipinski definition) is 4. The Labute approximate surface area is 174 Å². The number of aryl methyl sites for hydroxylation is 1. The van der Waals surface area contributed by atoms with Gasteiger partial charge in [0.15, 0.2) is 6.61 Å². The van der Waals surface area contributed by atoms with E-state index in [0.717, 1.165) is 14.5 Å². The first kappa shape index (κ1) is 21.1. The molecule has 0 aromatic heterocycles. The van der Waals surface area contributed by atoms with Crippen molar-refractivity contribution in [1.29, 1.82) is 0 Å². The highest BCUT2D eigenvalue weighted by Gasteiger charge is 2.07. The lowest BCUT2D eigenvalue weighted by atomic mass is 10.2. The molecule has 2 rings (SSSR count). The van der Waals surface area contributed by atoms with Crippen LogP contribution in [0, 0.1) is 6.92 Å². The van der Waals surface area contributed by atoms with Crippen LogP contribution < -0.4 is 15.5 Å². The molecular weight excluding hydrogens is 478 g/mol. The van der Waals surface area contributed by atoms with E-state index in [2.05, 4.69) is 47.7 Å². The molecule has 8 heteroatoms. The molecule has 0 fully saturated rings. The number of amides is 2. The van der Waals surface area contributed by atoms with Crippen LogP contribution >= 0.6 is 31.9 Å². The Balaban J connectivity index is 1.78. The fourth-order valence-electron chi connectivity index (χ4n) is 2.15. The highest BCUT2D eigenvalue weighted by molar-refractivity contribution is 9.10. The fraction of sp³-hybridized carbons (Fsp3) is 0.211. The van der Waals surface area contributed by atoms with E-state index >= 15 is 0 Å². The first-order valence-corrected chi connectivity index (χ1v) is 9.68. The van der Waals surface area contributed by atoms with Crippen molar-refractivity contribution < 1.29 is 14.3 Å². The highest BCUT2D eigenvalue weighted by atomic mass is 79.9. The molecule has 2 aromatic rings. The maximum atomic E-state index is 12.0. The summed E-state index contributed by atoms with van der Waals surface area (Å²) in [5.74, 6) is 0.0110. The number of carbonyl (C=O) groups is 2. The average molecular weight is 497 g/mol. The Morgan fingerprint density at radius 2 is 1.81 bits per heavy atom. The van der Waals surface area contributed by atoms with Gasteiger partial charge >= 0.3 is 0 Å². The van der Waals surface area contributed by atoms with E-state index in [-0.39, 0.29) is 18.9 Å². The Hall–Kier alpha value is -2.19. The molecule has 0 aliphatic heterocycles. The minimum absolute atomic E-state index is 0.0689. The molecular formula is C19H19Br2N3O3. The van der Waals surface area contributed by atoms with Crippen LogP contribution in [0.3, 0.4) is 0 Å². The van der Waals surface area contributed by atoms with Crippen molar-refractivity contribution in [2.24, 2.45) is 5.10 Å². The Bertz CT molecular complexity index is 869. The van der Waals surface area contributed by atoms with Gasteiger partial charge in [0.1, 0.15) is 5.75 Å². The van der Waals surface area contributed by atoms with Gasteiger partial charge in [-0.1, -0.05) is 37.9 Å². The van der Waals surface area contributed by atoms with Crippen LogP contribution in [0.1, 0.15) is 18.9 Å². The smallest absolute Gasteiger partial charge is 0.277 e. The molecule has 2 amide bonds. The van der Waals surface area contributed by atoms with Crippen LogP contribution in [0.4, 0.5) is 5.69 Å². The lowest BCUT2D eigenvalue weighted by Gasteiger charge is -2.09. The van der Waals surface area contributed by atoms with Gasteiger partial charge < -0.3 is 10.1 Å². The number of hydrazone groups is 1. The van der Waals surface area contributed by atoms with E-state index in [1.807, 2.05) is 31.2 Å². The number of ether oxygens (including phenoxy) is 1. The summed E-state index contributed by atoms with van der Waals surface area (Å²) in [5.41, 5.74) is 4.47. The topological polar surface area (TPSA) is 79.8 Å². The number of nitrogens with zero attached hydrogens (tertiary/aromatic N) is 1. The second-order valence-electron chi connectivity index (χ2n) is 5.82. The predicted molar refractivity (Wildman–Crippen MR) is 113 cm³/mol. The summed E-state index contributed by atoms with van der Waals surface area (Å²) in [4.78, 5) is 23.9. The molecule has 0 heterocycles. The van der Waals surface area contributed by atoms with Gasteiger partial charge in [-0.05, 0) is 55.8 Å². The molecule has 0 spiro atoms. The Morgan fingerprint density at radius 1 is 1.07 bits per heavy atom. The molecule has 27 heavy (non-hydrogen) atoms. The molecule has 0 atom stereocenters. The van der Waals surface area contributed by atoms with Gasteiger partial charge in [-0.3, -0.25) is 9.59 Å². The van der Waals surface area contributed by atoms with Crippen molar-refractivity contribution in [2.45, 2.75) is 20.3 Å². The van der Waals surface area contributed by atoms with Crippen molar-refractivity contribution in [2.75, 3.05) is 11.9 Å². The van der Waals surface area contributed by atoms with Gasteiger partial charge in [-0.15, -0.1) is 0 Å². The summed E-state index contributed by atoms with van der Waals surface area (Å²) in [5, 5.41) is 6.70. The second kappa shape index (κ2) is 10.2. The van der Waals surface area contributed by atoms with Gasteiger partial charge in [0.2, 0.25) is 5.91 Å². The molecule has 6 nitrogen and oxygen atoms in total. The zero-order valence-electron chi connectivity index (χ0n) is 14.9. The third-order valence-electron chi connectivity index (χ3n) is 3.39. The number of rotatable bonds is 7. The maximum Gasteiger partial charge on any atom is 0.277 e. The van der Waals surface area contributed by atoms with Gasteiger partial charge in [0.25, 0.3) is 5.91 Å². The van der Waals surface area contributed by atoms with E-state index in [1.54, 1.807) is 25.1 Å². The van der Waals surface area contributed by atoms with Crippen LogP contribution in [0.15, 0.2) is 56.5 Å². The second-order valence-corrected chi connectivity index (χ2v) is 7.65. The summed E-state index contributed by atoms with van der Waals surface area (Å²) < 4.78 is 7.29. The standard InChI is InChI=1S/C19H19Br2N3O3/c1-12-8-15(21)6-7-17(12)27-11-19(26)24-23-13(2)9-18(25)22-16-5-3-4-14(20)10-16/h3-8,10H,9,11H2,1-2H3,(H,22,25)(H,24,26)/b23-13-. The van der Waals surface area contributed by atoms with E-state index in [0.29, 0.717) is 17.1 Å². The molecule has 0 aliphatic rings. The fourth-order valence-corrected chi connectivity index (χ4v) is 3.03. The maximum absolute atomic E-state index is 12.0.